The lowest BCUT2D eigenvalue weighted by Crippen LogP contribution is -2.50. The second-order valence-electron chi connectivity index (χ2n) is 4.28. The van der Waals surface area contributed by atoms with Gasteiger partial charge in [-0.25, -0.2) is 4.98 Å². The van der Waals surface area contributed by atoms with E-state index in [1.54, 1.807) is 13.0 Å². The number of hydrogen-bond donors (Lipinski definition) is 2. The minimum absolute atomic E-state index is 0.133. The van der Waals surface area contributed by atoms with E-state index in [-0.39, 0.29) is 17.0 Å². The molecule has 6 heteroatoms. The minimum atomic E-state index is -0.460. The Hall–Kier alpha value is -1.62. The van der Waals surface area contributed by atoms with Crippen LogP contribution in [0.2, 0.25) is 5.15 Å². The van der Waals surface area contributed by atoms with E-state index in [0.717, 1.165) is 6.42 Å². The second kappa shape index (κ2) is 5.35. The molecule has 0 aromatic carbocycles. The number of aryl methyl sites for hydroxylation is 1. The molecule has 18 heavy (non-hydrogen) atoms. The van der Waals surface area contributed by atoms with E-state index in [4.69, 9.17) is 11.6 Å². The van der Waals surface area contributed by atoms with Crippen LogP contribution in [0.15, 0.2) is 12.1 Å². The van der Waals surface area contributed by atoms with Crippen molar-refractivity contribution in [3.05, 3.63) is 28.5 Å². The minimum Gasteiger partial charge on any atom is -0.354 e. The highest BCUT2D eigenvalue weighted by Crippen LogP contribution is 2.11. The van der Waals surface area contributed by atoms with Crippen molar-refractivity contribution in [3.8, 4) is 0 Å². The largest absolute Gasteiger partial charge is 0.354 e. The van der Waals surface area contributed by atoms with Gasteiger partial charge in [0.25, 0.3) is 5.91 Å². The molecule has 2 amide bonds. The molecule has 5 nitrogen and oxygen atoms in total. The van der Waals surface area contributed by atoms with Gasteiger partial charge in [-0.15, -0.1) is 0 Å². The van der Waals surface area contributed by atoms with Crippen LogP contribution in [0.3, 0.4) is 0 Å². The summed E-state index contributed by atoms with van der Waals surface area (Å²) in [5.41, 5.74) is 1.09. The first kappa shape index (κ1) is 12.8. The molecule has 2 rings (SSSR count). The zero-order valence-corrected chi connectivity index (χ0v) is 10.8. The zero-order valence-electron chi connectivity index (χ0n) is 10.00. The Bertz CT molecular complexity index is 470. The average Bonchev–Trinajstić information content (AvgIpc) is 2.31. The Kier molecular flexibility index (Phi) is 3.81. The third kappa shape index (κ3) is 2.98. The maximum atomic E-state index is 12.0. The van der Waals surface area contributed by atoms with Crippen LogP contribution >= 0.6 is 11.6 Å². The summed E-state index contributed by atoms with van der Waals surface area (Å²) >= 11 is 5.80. The molecule has 0 spiro atoms. The Morgan fingerprint density at radius 2 is 2.33 bits per heavy atom. The number of piperidine rings is 1. The molecule has 1 aromatic heterocycles. The molecule has 2 heterocycles. The SMILES string of the molecule is Cc1cc(C(=O)NC2CCCNC2=O)cc(Cl)n1. The number of carbonyl (C=O) groups is 2. The van der Waals surface area contributed by atoms with Gasteiger partial charge in [-0.1, -0.05) is 11.6 Å². The molecule has 0 bridgehead atoms. The Labute approximate surface area is 110 Å². The van der Waals surface area contributed by atoms with Crippen molar-refractivity contribution in [2.24, 2.45) is 0 Å². The number of pyridine rings is 1. The van der Waals surface area contributed by atoms with Gasteiger partial charge >= 0.3 is 0 Å². The van der Waals surface area contributed by atoms with Gasteiger partial charge in [-0.05, 0) is 31.9 Å². The van der Waals surface area contributed by atoms with E-state index in [9.17, 15) is 9.59 Å². The number of aromatic nitrogens is 1. The van der Waals surface area contributed by atoms with Crippen LogP contribution in [0.1, 0.15) is 28.9 Å². The van der Waals surface area contributed by atoms with Crippen molar-refractivity contribution in [3.63, 3.8) is 0 Å². The fourth-order valence-corrected chi connectivity index (χ4v) is 2.16. The highest BCUT2D eigenvalue weighted by molar-refractivity contribution is 6.29. The molecule has 1 aliphatic rings. The van der Waals surface area contributed by atoms with Crippen molar-refractivity contribution >= 4 is 23.4 Å². The van der Waals surface area contributed by atoms with Gasteiger partial charge in [0.15, 0.2) is 0 Å². The van der Waals surface area contributed by atoms with Crippen LogP contribution in [0.5, 0.6) is 0 Å². The number of carbonyl (C=O) groups excluding carboxylic acids is 2. The van der Waals surface area contributed by atoms with E-state index in [2.05, 4.69) is 15.6 Å². The van der Waals surface area contributed by atoms with E-state index < -0.39 is 6.04 Å². The molecule has 0 radical (unpaired) electrons. The van der Waals surface area contributed by atoms with Gasteiger partial charge in [0, 0.05) is 17.8 Å². The van der Waals surface area contributed by atoms with Crippen LogP contribution in [0.4, 0.5) is 0 Å². The normalized spacial score (nSPS) is 19.2. The summed E-state index contributed by atoms with van der Waals surface area (Å²) in [5.74, 6) is -0.434. The summed E-state index contributed by atoms with van der Waals surface area (Å²) in [5, 5.41) is 5.69. The van der Waals surface area contributed by atoms with Crippen LogP contribution in [0, 0.1) is 6.92 Å². The van der Waals surface area contributed by atoms with Gasteiger partial charge in [-0.3, -0.25) is 9.59 Å². The van der Waals surface area contributed by atoms with Crippen molar-refractivity contribution in [1.82, 2.24) is 15.6 Å². The number of nitrogens with one attached hydrogen (secondary N) is 2. The third-order valence-electron chi connectivity index (χ3n) is 2.77. The lowest BCUT2D eigenvalue weighted by atomic mass is 10.1. The molecular weight excluding hydrogens is 254 g/mol. The van der Waals surface area contributed by atoms with Crippen molar-refractivity contribution in [2.45, 2.75) is 25.8 Å². The van der Waals surface area contributed by atoms with Gasteiger partial charge in [0.2, 0.25) is 5.91 Å². The summed E-state index contributed by atoms with van der Waals surface area (Å²) in [6.45, 7) is 2.43. The van der Waals surface area contributed by atoms with Gasteiger partial charge in [-0.2, -0.15) is 0 Å². The standard InChI is InChI=1S/C12H14ClN3O2/c1-7-5-8(6-10(13)15-7)11(17)16-9-3-2-4-14-12(9)18/h5-6,9H,2-4H2,1H3,(H,14,18)(H,16,17). The third-order valence-corrected chi connectivity index (χ3v) is 2.97. The number of halogens is 1. The van der Waals surface area contributed by atoms with Gasteiger partial charge in [0.1, 0.15) is 11.2 Å². The molecule has 1 saturated heterocycles. The number of amides is 2. The van der Waals surface area contributed by atoms with Crippen LogP contribution in [-0.4, -0.2) is 29.4 Å². The molecule has 96 valence electrons. The number of nitrogens with zero attached hydrogens (tertiary/aromatic N) is 1. The first-order valence-electron chi connectivity index (χ1n) is 5.79. The Morgan fingerprint density at radius 3 is 3.00 bits per heavy atom. The molecule has 1 atom stereocenters. The van der Waals surface area contributed by atoms with E-state index in [1.165, 1.54) is 6.07 Å². The summed E-state index contributed by atoms with van der Waals surface area (Å²) in [6, 6.07) is 2.67. The predicted octanol–water partition coefficient (Wildman–Crippen LogP) is 1.05. The molecule has 0 saturated carbocycles. The smallest absolute Gasteiger partial charge is 0.252 e. The highest BCUT2D eigenvalue weighted by atomic mass is 35.5. The predicted molar refractivity (Wildman–Crippen MR) is 67.5 cm³/mol. The van der Waals surface area contributed by atoms with Gasteiger partial charge < -0.3 is 10.6 Å². The van der Waals surface area contributed by atoms with Crippen molar-refractivity contribution in [2.75, 3.05) is 6.54 Å². The second-order valence-corrected chi connectivity index (χ2v) is 4.67. The molecule has 0 aliphatic carbocycles. The monoisotopic (exact) mass is 267 g/mol. The molecule has 2 N–H and O–H groups in total. The van der Waals surface area contributed by atoms with E-state index in [0.29, 0.717) is 24.2 Å². The molecule has 1 unspecified atom stereocenters. The van der Waals surface area contributed by atoms with Crippen LogP contribution in [0.25, 0.3) is 0 Å². The highest BCUT2D eigenvalue weighted by Gasteiger charge is 2.24. The van der Waals surface area contributed by atoms with E-state index in [1.807, 2.05) is 0 Å². The fourth-order valence-electron chi connectivity index (χ4n) is 1.91. The number of rotatable bonds is 2. The molecule has 1 aromatic rings. The fraction of sp³-hybridized carbons (Fsp3) is 0.417. The Morgan fingerprint density at radius 1 is 1.56 bits per heavy atom. The van der Waals surface area contributed by atoms with Gasteiger partial charge in [0.05, 0.1) is 0 Å². The van der Waals surface area contributed by atoms with Crippen molar-refractivity contribution in [1.29, 1.82) is 0 Å². The summed E-state index contributed by atoms with van der Waals surface area (Å²) in [4.78, 5) is 27.5. The van der Waals surface area contributed by atoms with Crippen molar-refractivity contribution < 1.29 is 9.59 Å². The zero-order chi connectivity index (χ0) is 13.1. The summed E-state index contributed by atoms with van der Waals surface area (Å²) in [6.07, 6.45) is 1.53. The lowest BCUT2D eigenvalue weighted by Gasteiger charge is -2.22. The Balaban J connectivity index is 2.09. The summed E-state index contributed by atoms with van der Waals surface area (Å²) < 4.78 is 0. The quantitative estimate of drug-likeness (QED) is 0.787. The molecule has 1 aliphatic heterocycles. The van der Waals surface area contributed by atoms with E-state index >= 15 is 0 Å². The molecular formula is C12H14ClN3O2. The maximum absolute atomic E-state index is 12.0. The topological polar surface area (TPSA) is 71.1 Å². The molecule has 1 fully saturated rings. The number of hydrogen-bond acceptors (Lipinski definition) is 3. The lowest BCUT2D eigenvalue weighted by molar-refractivity contribution is -0.124. The average molecular weight is 268 g/mol. The van der Waals surface area contributed by atoms with Crippen LogP contribution in [-0.2, 0) is 4.79 Å². The summed E-state index contributed by atoms with van der Waals surface area (Å²) in [7, 11) is 0. The maximum Gasteiger partial charge on any atom is 0.252 e. The first-order valence-corrected chi connectivity index (χ1v) is 6.17. The van der Waals surface area contributed by atoms with Crippen LogP contribution < -0.4 is 10.6 Å². The first-order chi connectivity index (χ1) is 8.56.